The molecule has 0 saturated heterocycles. The molecule has 3 N–H and O–H groups in total. The van der Waals surface area contributed by atoms with Crippen LogP contribution in [0.2, 0.25) is 5.02 Å². The van der Waals surface area contributed by atoms with E-state index in [1.54, 1.807) is 6.92 Å². The third-order valence-corrected chi connectivity index (χ3v) is 3.76. The van der Waals surface area contributed by atoms with Crippen molar-refractivity contribution in [1.82, 2.24) is 0 Å². The minimum absolute atomic E-state index is 0.115. The first-order chi connectivity index (χ1) is 7.43. The predicted octanol–water partition coefficient (Wildman–Crippen LogP) is 2.92. The fourth-order valence-electron chi connectivity index (χ4n) is 1.82. The average molecular weight is 244 g/mol. The minimum Gasteiger partial charge on any atom is -0.505 e. The Balaban J connectivity index is 2.24. The molecular formula is C12H15ClFNO. The van der Waals surface area contributed by atoms with Gasteiger partial charge in [0, 0.05) is 11.1 Å². The van der Waals surface area contributed by atoms with E-state index < -0.39 is 5.82 Å². The van der Waals surface area contributed by atoms with Crippen molar-refractivity contribution in [3.63, 3.8) is 0 Å². The largest absolute Gasteiger partial charge is 0.505 e. The van der Waals surface area contributed by atoms with Gasteiger partial charge in [0.15, 0.2) is 11.6 Å². The van der Waals surface area contributed by atoms with Crippen molar-refractivity contribution in [3.8, 4) is 5.75 Å². The van der Waals surface area contributed by atoms with Gasteiger partial charge in [-0.2, -0.15) is 0 Å². The maximum atomic E-state index is 13.3. The molecule has 2 nitrogen and oxygen atoms in total. The molecule has 1 fully saturated rings. The van der Waals surface area contributed by atoms with Crippen molar-refractivity contribution in [3.05, 3.63) is 28.0 Å². The highest BCUT2D eigenvalue weighted by Crippen LogP contribution is 2.39. The molecule has 4 heteroatoms. The fraction of sp³-hybridized carbons (Fsp3) is 0.500. The number of aryl methyl sites for hydroxylation is 1. The van der Waals surface area contributed by atoms with Gasteiger partial charge in [0.25, 0.3) is 0 Å². The lowest BCUT2D eigenvalue weighted by Crippen LogP contribution is -2.22. The summed E-state index contributed by atoms with van der Waals surface area (Å²) in [7, 11) is 0. The van der Waals surface area contributed by atoms with E-state index in [0.717, 1.165) is 19.3 Å². The van der Waals surface area contributed by atoms with Gasteiger partial charge in [0.2, 0.25) is 0 Å². The number of aromatic hydroxyl groups is 1. The molecule has 16 heavy (non-hydrogen) atoms. The molecule has 0 aliphatic heterocycles. The molecule has 0 unspecified atom stereocenters. The lowest BCUT2D eigenvalue weighted by molar-refractivity contribution is 0.423. The summed E-state index contributed by atoms with van der Waals surface area (Å²) in [5, 5.41) is 10.1. The van der Waals surface area contributed by atoms with Crippen LogP contribution in [0.3, 0.4) is 0 Å². The molecule has 2 rings (SSSR count). The van der Waals surface area contributed by atoms with Crippen molar-refractivity contribution < 1.29 is 9.50 Å². The standard InChI is InChI=1S/C12H15ClFNO/c1-7-6-9(14)11(16)8(10(7)13)2-3-12(15)4-5-12/h6,16H,2-5,15H2,1H3. The molecule has 0 heterocycles. The second-order valence-electron chi connectivity index (χ2n) is 4.68. The van der Waals surface area contributed by atoms with E-state index in [0.29, 0.717) is 22.6 Å². The molecular weight excluding hydrogens is 229 g/mol. The van der Waals surface area contributed by atoms with E-state index >= 15 is 0 Å². The van der Waals surface area contributed by atoms with Gasteiger partial charge in [0.1, 0.15) is 0 Å². The Morgan fingerprint density at radius 1 is 1.56 bits per heavy atom. The van der Waals surface area contributed by atoms with Crippen LogP contribution in [0.25, 0.3) is 0 Å². The number of phenolic OH excluding ortho intramolecular Hbond substituents is 1. The molecule has 0 amide bonds. The summed E-state index contributed by atoms with van der Waals surface area (Å²) in [4.78, 5) is 0. The van der Waals surface area contributed by atoms with Crippen molar-refractivity contribution in [2.75, 3.05) is 0 Å². The van der Waals surface area contributed by atoms with E-state index in [9.17, 15) is 9.50 Å². The third kappa shape index (κ3) is 2.15. The third-order valence-electron chi connectivity index (χ3n) is 3.23. The molecule has 0 aromatic heterocycles. The highest BCUT2D eigenvalue weighted by molar-refractivity contribution is 6.32. The van der Waals surface area contributed by atoms with Crippen LogP contribution in [0.15, 0.2) is 6.07 Å². The van der Waals surface area contributed by atoms with Crippen LogP contribution in [0.1, 0.15) is 30.4 Å². The Morgan fingerprint density at radius 3 is 2.75 bits per heavy atom. The molecule has 0 spiro atoms. The van der Waals surface area contributed by atoms with Gasteiger partial charge in [-0.1, -0.05) is 11.6 Å². The first-order valence-corrected chi connectivity index (χ1v) is 5.76. The number of phenols is 1. The summed E-state index contributed by atoms with van der Waals surface area (Å²) in [6.07, 6.45) is 3.27. The van der Waals surface area contributed by atoms with Crippen LogP contribution < -0.4 is 5.73 Å². The van der Waals surface area contributed by atoms with Crippen LogP contribution in [0.4, 0.5) is 4.39 Å². The number of hydrogen-bond acceptors (Lipinski definition) is 2. The normalized spacial score (nSPS) is 17.5. The van der Waals surface area contributed by atoms with Gasteiger partial charge < -0.3 is 10.8 Å². The predicted molar refractivity (Wildman–Crippen MR) is 62.3 cm³/mol. The number of halogens is 2. The monoisotopic (exact) mass is 243 g/mol. The summed E-state index contributed by atoms with van der Waals surface area (Å²) in [5.41, 5.74) is 6.97. The van der Waals surface area contributed by atoms with Gasteiger partial charge in [-0.15, -0.1) is 0 Å². The Kier molecular flexibility index (Phi) is 2.84. The Hall–Kier alpha value is -0.800. The smallest absolute Gasteiger partial charge is 0.165 e. The number of nitrogens with two attached hydrogens (primary N) is 1. The molecule has 1 aliphatic carbocycles. The van der Waals surface area contributed by atoms with Crippen molar-refractivity contribution in [1.29, 1.82) is 0 Å². The maximum absolute atomic E-state index is 13.3. The van der Waals surface area contributed by atoms with E-state index in [-0.39, 0.29) is 11.3 Å². The molecule has 1 aromatic carbocycles. The summed E-state index contributed by atoms with van der Waals surface area (Å²) in [5.74, 6) is -0.946. The first kappa shape index (κ1) is 11.7. The molecule has 88 valence electrons. The van der Waals surface area contributed by atoms with Gasteiger partial charge in [0.05, 0.1) is 5.02 Å². The van der Waals surface area contributed by atoms with E-state index in [1.165, 1.54) is 6.07 Å². The highest BCUT2D eigenvalue weighted by atomic mass is 35.5. The molecule has 0 bridgehead atoms. The highest BCUT2D eigenvalue weighted by Gasteiger charge is 2.37. The van der Waals surface area contributed by atoms with Gasteiger partial charge in [-0.25, -0.2) is 4.39 Å². The van der Waals surface area contributed by atoms with Crippen molar-refractivity contribution >= 4 is 11.6 Å². The van der Waals surface area contributed by atoms with Crippen LogP contribution in [0.5, 0.6) is 5.75 Å². The van der Waals surface area contributed by atoms with E-state index in [1.807, 2.05) is 0 Å². The Labute approximate surface area is 99.2 Å². The second-order valence-corrected chi connectivity index (χ2v) is 5.06. The maximum Gasteiger partial charge on any atom is 0.165 e. The van der Waals surface area contributed by atoms with E-state index in [4.69, 9.17) is 17.3 Å². The second kappa shape index (κ2) is 3.90. The summed E-state index contributed by atoms with van der Waals surface area (Å²) >= 11 is 6.05. The molecule has 1 aliphatic rings. The zero-order valence-corrected chi connectivity index (χ0v) is 9.94. The van der Waals surface area contributed by atoms with Crippen LogP contribution in [-0.2, 0) is 6.42 Å². The van der Waals surface area contributed by atoms with Crippen molar-refractivity contribution in [2.45, 2.75) is 38.1 Å². The average Bonchev–Trinajstić information content (AvgIpc) is 2.94. The zero-order chi connectivity index (χ0) is 11.9. The summed E-state index contributed by atoms with van der Waals surface area (Å²) in [6.45, 7) is 1.73. The lowest BCUT2D eigenvalue weighted by atomic mass is 10.0. The first-order valence-electron chi connectivity index (χ1n) is 5.38. The van der Waals surface area contributed by atoms with Gasteiger partial charge in [-0.05, 0) is 44.2 Å². The Bertz CT molecular complexity index is 403. The summed E-state index contributed by atoms with van der Waals surface area (Å²) in [6, 6.07) is 1.25. The van der Waals surface area contributed by atoms with E-state index in [2.05, 4.69) is 0 Å². The van der Waals surface area contributed by atoms with Gasteiger partial charge >= 0.3 is 0 Å². The topological polar surface area (TPSA) is 46.2 Å². The van der Waals surface area contributed by atoms with Crippen LogP contribution >= 0.6 is 11.6 Å². The van der Waals surface area contributed by atoms with Crippen LogP contribution in [0, 0.1) is 12.7 Å². The number of rotatable bonds is 3. The lowest BCUT2D eigenvalue weighted by Gasteiger charge is -2.13. The number of hydrogen-bond donors (Lipinski definition) is 2. The zero-order valence-electron chi connectivity index (χ0n) is 9.19. The Morgan fingerprint density at radius 2 is 2.19 bits per heavy atom. The fourth-order valence-corrected chi connectivity index (χ4v) is 2.06. The molecule has 1 aromatic rings. The molecule has 0 atom stereocenters. The molecule has 0 radical (unpaired) electrons. The quantitative estimate of drug-likeness (QED) is 0.858. The van der Waals surface area contributed by atoms with Crippen molar-refractivity contribution in [2.24, 2.45) is 5.73 Å². The molecule has 1 saturated carbocycles. The van der Waals surface area contributed by atoms with Gasteiger partial charge in [-0.3, -0.25) is 0 Å². The minimum atomic E-state index is -0.612. The van der Waals surface area contributed by atoms with Crippen LogP contribution in [-0.4, -0.2) is 10.6 Å². The SMILES string of the molecule is Cc1cc(F)c(O)c(CCC2(N)CC2)c1Cl. The summed E-state index contributed by atoms with van der Waals surface area (Å²) < 4.78 is 13.3. The number of benzene rings is 1.